The number of nitrogens with one attached hydrogen (secondary N) is 1. The lowest BCUT2D eigenvalue weighted by atomic mass is 10.2. The van der Waals surface area contributed by atoms with Crippen molar-refractivity contribution in [3.8, 4) is 0 Å². The smallest absolute Gasteiger partial charge is 0.322 e. The van der Waals surface area contributed by atoms with Crippen molar-refractivity contribution in [3.05, 3.63) is 16.6 Å². The Bertz CT molecular complexity index is 288. The van der Waals surface area contributed by atoms with Crippen molar-refractivity contribution in [1.29, 1.82) is 0 Å². The molecule has 1 unspecified atom stereocenters. The first-order chi connectivity index (χ1) is 7.27. The number of esters is 1. The maximum Gasteiger partial charge on any atom is 0.322 e. The van der Waals surface area contributed by atoms with Gasteiger partial charge in [0.15, 0.2) is 0 Å². The van der Waals surface area contributed by atoms with Crippen LogP contribution in [0, 0.1) is 0 Å². The molecule has 1 heterocycles. The van der Waals surface area contributed by atoms with Crippen molar-refractivity contribution in [3.63, 3.8) is 0 Å². The van der Waals surface area contributed by atoms with Crippen molar-refractivity contribution in [1.82, 2.24) is 10.3 Å². The van der Waals surface area contributed by atoms with Crippen LogP contribution >= 0.6 is 11.3 Å². The van der Waals surface area contributed by atoms with E-state index < -0.39 is 0 Å². The summed E-state index contributed by atoms with van der Waals surface area (Å²) in [4.78, 5) is 15.4. The summed E-state index contributed by atoms with van der Waals surface area (Å²) in [5, 5.41) is 6.19. The van der Waals surface area contributed by atoms with Crippen molar-refractivity contribution in [2.75, 3.05) is 13.7 Å². The molecule has 1 rings (SSSR count). The summed E-state index contributed by atoms with van der Waals surface area (Å²) in [6.07, 6.45) is 3.38. The number of ether oxygens (including phenoxy) is 1. The van der Waals surface area contributed by atoms with Crippen LogP contribution in [0.15, 0.2) is 11.6 Å². The molecule has 0 bridgehead atoms. The van der Waals surface area contributed by atoms with Crippen molar-refractivity contribution in [2.24, 2.45) is 0 Å². The largest absolute Gasteiger partial charge is 0.468 e. The lowest BCUT2D eigenvalue weighted by molar-refractivity contribution is -0.143. The Morgan fingerprint density at radius 1 is 1.73 bits per heavy atom. The normalized spacial score (nSPS) is 12.4. The fraction of sp³-hybridized carbons (Fsp3) is 0.600. The molecule has 0 amide bonds. The van der Waals surface area contributed by atoms with Gasteiger partial charge in [-0.25, -0.2) is 4.98 Å². The summed E-state index contributed by atoms with van der Waals surface area (Å²) >= 11 is 1.63. The number of carbonyl (C=O) groups is 1. The Hall–Kier alpha value is -0.940. The minimum Gasteiger partial charge on any atom is -0.468 e. The fourth-order valence-corrected chi connectivity index (χ4v) is 1.89. The average molecular weight is 228 g/mol. The molecule has 0 aliphatic carbocycles. The Morgan fingerprint density at radius 2 is 2.53 bits per heavy atom. The van der Waals surface area contributed by atoms with Crippen molar-refractivity contribution >= 4 is 17.3 Å². The number of nitrogens with zero attached hydrogens (tertiary/aromatic N) is 1. The van der Waals surface area contributed by atoms with E-state index in [1.165, 1.54) is 7.11 Å². The van der Waals surface area contributed by atoms with Gasteiger partial charge in [-0.2, -0.15) is 0 Å². The van der Waals surface area contributed by atoms with E-state index in [-0.39, 0.29) is 12.0 Å². The number of rotatable bonds is 6. The number of hydrogen-bond acceptors (Lipinski definition) is 5. The van der Waals surface area contributed by atoms with Gasteiger partial charge in [-0.3, -0.25) is 4.79 Å². The molecular weight excluding hydrogens is 212 g/mol. The van der Waals surface area contributed by atoms with Gasteiger partial charge in [0.2, 0.25) is 0 Å². The molecule has 0 aromatic carbocycles. The summed E-state index contributed by atoms with van der Waals surface area (Å²) in [6, 6.07) is -0.199. The van der Waals surface area contributed by atoms with E-state index in [0.717, 1.165) is 24.4 Å². The SMILES string of the molecule is CCC(NCCc1nccs1)C(=O)OC. The lowest BCUT2D eigenvalue weighted by Gasteiger charge is -2.13. The zero-order valence-corrected chi connectivity index (χ0v) is 9.84. The summed E-state index contributed by atoms with van der Waals surface area (Å²) in [5.41, 5.74) is 0. The quantitative estimate of drug-likeness (QED) is 0.744. The van der Waals surface area contributed by atoms with E-state index in [1.54, 1.807) is 17.5 Å². The third-order valence-electron chi connectivity index (χ3n) is 2.11. The number of aromatic nitrogens is 1. The monoisotopic (exact) mass is 228 g/mol. The summed E-state index contributed by atoms with van der Waals surface area (Å²) in [7, 11) is 1.41. The van der Waals surface area contributed by atoms with Gasteiger partial charge in [0, 0.05) is 24.5 Å². The van der Waals surface area contributed by atoms with Gasteiger partial charge in [0.05, 0.1) is 12.1 Å². The number of carbonyl (C=O) groups excluding carboxylic acids is 1. The molecule has 4 nitrogen and oxygen atoms in total. The first kappa shape index (κ1) is 12.1. The minimum absolute atomic E-state index is 0.198. The van der Waals surface area contributed by atoms with Crippen molar-refractivity contribution in [2.45, 2.75) is 25.8 Å². The molecule has 0 radical (unpaired) electrons. The molecule has 0 spiro atoms. The fourth-order valence-electron chi connectivity index (χ4n) is 1.27. The highest BCUT2D eigenvalue weighted by molar-refractivity contribution is 7.09. The maximum atomic E-state index is 11.2. The number of methoxy groups -OCH3 is 1. The Morgan fingerprint density at radius 3 is 3.07 bits per heavy atom. The van der Waals surface area contributed by atoms with Gasteiger partial charge in [-0.1, -0.05) is 6.92 Å². The predicted octanol–water partition coefficient (Wildman–Crippen LogP) is 1.23. The molecule has 0 aliphatic rings. The van der Waals surface area contributed by atoms with E-state index in [4.69, 9.17) is 0 Å². The Labute approximate surface area is 93.7 Å². The predicted molar refractivity (Wildman–Crippen MR) is 59.9 cm³/mol. The van der Waals surface area contributed by atoms with Gasteiger partial charge in [-0.15, -0.1) is 11.3 Å². The molecule has 1 aromatic rings. The molecule has 0 fully saturated rings. The van der Waals surface area contributed by atoms with E-state index in [9.17, 15) is 4.79 Å². The maximum absolute atomic E-state index is 11.2. The van der Waals surface area contributed by atoms with Crippen LogP contribution in [-0.4, -0.2) is 30.6 Å². The molecule has 0 saturated heterocycles. The van der Waals surface area contributed by atoms with Crippen LogP contribution in [0.25, 0.3) is 0 Å². The molecular formula is C10H16N2O2S. The molecule has 1 N–H and O–H groups in total. The third kappa shape index (κ3) is 3.97. The lowest BCUT2D eigenvalue weighted by Crippen LogP contribution is -2.38. The summed E-state index contributed by atoms with van der Waals surface area (Å²) in [6.45, 7) is 2.71. The second-order valence-electron chi connectivity index (χ2n) is 3.11. The number of hydrogen-bond donors (Lipinski definition) is 1. The van der Waals surface area contributed by atoms with Crippen molar-refractivity contribution < 1.29 is 9.53 Å². The zero-order valence-electron chi connectivity index (χ0n) is 9.03. The highest BCUT2D eigenvalue weighted by atomic mass is 32.1. The first-order valence-corrected chi connectivity index (χ1v) is 5.85. The van der Waals surface area contributed by atoms with Crippen LogP contribution in [0.5, 0.6) is 0 Å². The van der Waals surface area contributed by atoms with Crippen LogP contribution in [0.1, 0.15) is 18.4 Å². The van der Waals surface area contributed by atoms with Crippen LogP contribution in [0.4, 0.5) is 0 Å². The molecule has 1 aromatic heterocycles. The van der Waals surface area contributed by atoms with Crippen LogP contribution in [0.3, 0.4) is 0 Å². The highest BCUT2D eigenvalue weighted by Gasteiger charge is 2.15. The molecule has 5 heteroatoms. The summed E-state index contributed by atoms with van der Waals surface area (Å²) in [5.74, 6) is -0.198. The minimum atomic E-state index is -0.199. The first-order valence-electron chi connectivity index (χ1n) is 4.97. The average Bonchev–Trinajstić information content (AvgIpc) is 2.76. The summed E-state index contributed by atoms with van der Waals surface area (Å²) < 4.78 is 4.68. The third-order valence-corrected chi connectivity index (χ3v) is 2.95. The van der Waals surface area contributed by atoms with Gasteiger partial charge < -0.3 is 10.1 Å². The van der Waals surface area contributed by atoms with Crippen LogP contribution < -0.4 is 5.32 Å². The van der Waals surface area contributed by atoms with Gasteiger partial charge in [0.1, 0.15) is 6.04 Å². The van der Waals surface area contributed by atoms with Gasteiger partial charge >= 0.3 is 5.97 Å². The van der Waals surface area contributed by atoms with E-state index >= 15 is 0 Å². The standard InChI is InChI=1S/C10H16N2O2S/c1-3-8(10(13)14-2)11-5-4-9-12-6-7-15-9/h6-8,11H,3-5H2,1-2H3. The molecule has 15 heavy (non-hydrogen) atoms. The van der Waals surface area contributed by atoms with E-state index in [0.29, 0.717) is 0 Å². The Kier molecular flexibility index (Phi) is 5.28. The van der Waals surface area contributed by atoms with Crippen LogP contribution in [-0.2, 0) is 16.0 Å². The van der Waals surface area contributed by atoms with Gasteiger partial charge in [-0.05, 0) is 6.42 Å². The van der Waals surface area contributed by atoms with E-state index in [2.05, 4.69) is 15.0 Å². The topological polar surface area (TPSA) is 51.2 Å². The number of thiazole rings is 1. The second-order valence-corrected chi connectivity index (χ2v) is 4.09. The van der Waals surface area contributed by atoms with Crippen LogP contribution in [0.2, 0.25) is 0 Å². The molecule has 0 aliphatic heterocycles. The van der Waals surface area contributed by atoms with E-state index in [1.807, 2.05) is 12.3 Å². The Balaban J connectivity index is 2.26. The molecule has 1 atom stereocenters. The highest BCUT2D eigenvalue weighted by Crippen LogP contribution is 2.04. The zero-order chi connectivity index (χ0) is 11.1. The molecule has 84 valence electrons. The van der Waals surface area contributed by atoms with Gasteiger partial charge in [0.25, 0.3) is 0 Å². The molecule has 0 saturated carbocycles. The second kappa shape index (κ2) is 6.53.